The number of hydrogen-bond acceptors (Lipinski definition) is 2. The van der Waals surface area contributed by atoms with Gasteiger partial charge in [-0.1, -0.05) is 13.8 Å². The van der Waals surface area contributed by atoms with Crippen molar-refractivity contribution in [1.82, 2.24) is 9.88 Å². The summed E-state index contributed by atoms with van der Waals surface area (Å²) in [5.74, 6) is -0.701. The molecule has 112 valence electrons. The molecule has 0 aromatic carbocycles. The van der Waals surface area contributed by atoms with E-state index < -0.39 is 24.7 Å². The number of amides is 1. The zero-order valence-electron chi connectivity index (χ0n) is 12.0. The lowest BCUT2D eigenvalue weighted by atomic mass is 10.0. The maximum Gasteiger partial charge on any atom is 0.406 e. The minimum Gasteiger partial charge on any atom is -0.327 e. The first-order valence-electron chi connectivity index (χ1n) is 6.43. The van der Waals surface area contributed by atoms with Crippen LogP contribution in [0.3, 0.4) is 0 Å². The monoisotopic (exact) mass is 288 g/mol. The van der Waals surface area contributed by atoms with Crippen molar-refractivity contribution in [3.8, 4) is 0 Å². The standard InChI is InChI=1S/C14H19F3N2O/c1-9(2)11(4)19(8-14(15,16)17)13(20)12-6-5-7-18-10(12)3/h5-7,9,11H,8H2,1-4H3/t11-/m1/s1. The number of aryl methyl sites for hydroxylation is 1. The Kier molecular flexibility index (Phi) is 5.14. The summed E-state index contributed by atoms with van der Waals surface area (Å²) in [7, 11) is 0. The van der Waals surface area contributed by atoms with Crippen LogP contribution in [0, 0.1) is 12.8 Å². The van der Waals surface area contributed by atoms with Gasteiger partial charge in [0.05, 0.1) is 5.56 Å². The van der Waals surface area contributed by atoms with Crippen LogP contribution in [0.5, 0.6) is 0 Å². The third-order valence-corrected chi connectivity index (χ3v) is 3.30. The van der Waals surface area contributed by atoms with Crippen molar-refractivity contribution >= 4 is 5.91 Å². The molecule has 0 saturated carbocycles. The highest BCUT2D eigenvalue weighted by Crippen LogP contribution is 2.23. The van der Waals surface area contributed by atoms with E-state index in [2.05, 4.69) is 4.98 Å². The first-order valence-corrected chi connectivity index (χ1v) is 6.43. The van der Waals surface area contributed by atoms with Crippen LogP contribution in [0.4, 0.5) is 13.2 Å². The number of nitrogens with zero attached hydrogens (tertiary/aromatic N) is 2. The van der Waals surface area contributed by atoms with E-state index in [1.165, 1.54) is 12.3 Å². The van der Waals surface area contributed by atoms with Gasteiger partial charge < -0.3 is 4.90 Å². The molecular weight excluding hydrogens is 269 g/mol. The summed E-state index contributed by atoms with van der Waals surface area (Å²) in [6, 6.07) is 2.54. The Morgan fingerprint density at radius 2 is 1.95 bits per heavy atom. The number of carbonyl (C=O) groups is 1. The molecule has 1 aromatic heterocycles. The largest absolute Gasteiger partial charge is 0.406 e. The van der Waals surface area contributed by atoms with Gasteiger partial charge in [-0.2, -0.15) is 13.2 Å². The second kappa shape index (κ2) is 6.24. The number of rotatable bonds is 4. The topological polar surface area (TPSA) is 33.2 Å². The first kappa shape index (κ1) is 16.5. The van der Waals surface area contributed by atoms with Gasteiger partial charge in [-0.15, -0.1) is 0 Å². The van der Waals surface area contributed by atoms with Crippen LogP contribution in [0.1, 0.15) is 36.8 Å². The molecule has 1 rings (SSSR count). The van der Waals surface area contributed by atoms with Gasteiger partial charge in [-0.3, -0.25) is 9.78 Å². The number of carbonyl (C=O) groups excluding carboxylic acids is 1. The fraction of sp³-hybridized carbons (Fsp3) is 0.571. The molecule has 20 heavy (non-hydrogen) atoms. The van der Waals surface area contributed by atoms with Crippen LogP contribution in [0.2, 0.25) is 0 Å². The van der Waals surface area contributed by atoms with E-state index in [0.29, 0.717) is 5.69 Å². The molecule has 0 spiro atoms. The fourth-order valence-electron chi connectivity index (χ4n) is 1.82. The fourth-order valence-corrected chi connectivity index (χ4v) is 1.82. The predicted octanol–water partition coefficient (Wildman–Crippen LogP) is 3.44. The molecule has 0 aliphatic rings. The van der Waals surface area contributed by atoms with Crippen LogP contribution in [0.25, 0.3) is 0 Å². The molecule has 3 nitrogen and oxygen atoms in total. The molecule has 0 aliphatic heterocycles. The summed E-state index contributed by atoms with van der Waals surface area (Å²) in [5.41, 5.74) is 0.643. The zero-order valence-corrected chi connectivity index (χ0v) is 12.0. The van der Waals surface area contributed by atoms with Gasteiger partial charge in [0.25, 0.3) is 5.91 Å². The lowest BCUT2D eigenvalue weighted by Gasteiger charge is -2.32. The Morgan fingerprint density at radius 1 is 1.35 bits per heavy atom. The number of halogens is 3. The Labute approximate surface area is 116 Å². The van der Waals surface area contributed by atoms with Gasteiger partial charge in [-0.25, -0.2) is 0 Å². The van der Waals surface area contributed by atoms with E-state index in [4.69, 9.17) is 0 Å². The predicted molar refractivity (Wildman–Crippen MR) is 70.4 cm³/mol. The smallest absolute Gasteiger partial charge is 0.327 e. The molecular formula is C14H19F3N2O. The van der Waals surface area contributed by atoms with E-state index in [0.717, 1.165) is 4.90 Å². The van der Waals surface area contributed by atoms with Crippen molar-refractivity contribution in [2.24, 2.45) is 5.92 Å². The third kappa shape index (κ3) is 4.21. The van der Waals surface area contributed by atoms with Crippen LogP contribution in [0.15, 0.2) is 18.3 Å². The van der Waals surface area contributed by atoms with Crippen molar-refractivity contribution in [2.45, 2.75) is 39.9 Å². The average molecular weight is 288 g/mol. The van der Waals surface area contributed by atoms with Crippen LogP contribution < -0.4 is 0 Å². The van der Waals surface area contributed by atoms with E-state index in [1.54, 1.807) is 33.8 Å². The summed E-state index contributed by atoms with van der Waals surface area (Å²) < 4.78 is 38.1. The van der Waals surface area contributed by atoms with Crippen LogP contribution >= 0.6 is 0 Å². The highest BCUT2D eigenvalue weighted by molar-refractivity contribution is 5.95. The summed E-state index contributed by atoms with van der Waals surface area (Å²) in [6.07, 6.45) is -2.92. The Balaban J connectivity index is 3.11. The minimum atomic E-state index is -4.42. The summed E-state index contributed by atoms with van der Waals surface area (Å²) in [4.78, 5) is 17.2. The van der Waals surface area contributed by atoms with E-state index in [1.807, 2.05) is 0 Å². The molecule has 0 bridgehead atoms. The number of aromatic nitrogens is 1. The normalized spacial score (nSPS) is 13.4. The molecule has 1 atom stereocenters. The SMILES string of the molecule is Cc1ncccc1C(=O)N(CC(F)(F)F)[C@H](C)C(C)C. The van der Waals surface area contributed by atoms with Crippen molar-refractivity contribution in [1.29, 1.82) is 0 Å². The molecule has 1 heterocycles. The third-order valence-electron chi connectivity index (χ3n) is 3.30. The first-order chi connectivity index (χ1) is 9.13. The molecule has 0 saturated heterocycles. The Hall–Kier alpha value is -1.59. The molecule has 0 fully saturated rings. The van der Waals surface area contributed by atoms with Gasteiger partial charge in [0.1, 0.15) is 6.54 Å². The molecule has 0 aliphatic carbocycles. The molecule has 6 heteroatoms. The van der Waals surface area contributed by atoms with Crippen molar-refractivity contribution in [3.05, 3.63) is 29.6 Å². The zero-order chi connectivity index (χ0) is 15.5. The van der Waals surface area contributed by atoms with Crippen LogP contribution in [-0.2, 0) is 0 Å². The van der Waals surface area contributed by atoms with E-state index >= 15 is 0 Å². The Bertz CT molecular complexity index is 472. The highest BCUT2D eigenvalue weighted by atomic mass is 19.4. The van der Waals surface area contributed by atoms with E-state index in [-0.39, 0.29) is 11.5 Å². The van der Waals surface area contributed by atoms with Crippen LogP contribution in [-0.4, -0.2) is 34.6 Å². The molecule has 0 N–H and O–H groups in total. The number of hydrogen-bond donors (Lipinski definition) is 0. The number of pyridine rings is 1. The lowest BCUT2D eigenvalue weighted by molar-refractivity contribution is -0.145. The summed E-state index contributed by atoms with van der Waals surface area (Å²) in [5, 5.41) is 0. The van der Waals surface area contributed by atoms with E-state index in [9.17, 15) is 18.0 Å². The Morgan fingerprint density at radius 3 is 2.40 bits per heavy atom. The minimum absolute atomic E-state index is 0.0710. The summed E-state index contributed by atoms with van der Waals surface area (Å²) >= 11 is 0. The van der Waals surface area contributed by atoms with Gasteiger partial charge in [0.2, 0.25) is 0 Å². The average Bonchev–Trinajstić information content (AvgIpc) is 2.33. The second-order valence-electron chi connectivity index (χ2n) is 5.17. The van der Waals surface area contributed by atoms with Gasteiger partial charge in [-0.05, 0) is 31.9 Å². The molecule has 0 radical (unpaired) electrons. The van der Waals surface area contributed by atoms with Gasteiger partial charge >= 0.3 is 6.18 Å². The number of alkyl halides is 3. The maximum atomic E-state index is 12.7. The second-order valence-corrected chi connectivity index (χ2v) is 5.17. The molecule has 0 unspecified atom stereocenters. The van der Waals surface area contributed by atoms with Crippen molar-refractivity contribution in [2.75, 3.05) is 6.54 Å². The molecule has 1 aromatic rings. The quantitative estimate of drug-likeness (QED) is 0.850. The summed E-state index contributed by atoms with van der Waals surface area (Å²) in [6.45, 7) is 5.56. The van der Waals surface area contributed by atoms with Crippen molar-refractivity contribution < 1.29 is 18.0 Å². The maximum absolute atomic E-state index is 12.7. The van der Waals surface area contributed by atoms with Gasteiger partial charge in [0, 0.05) is 17.9 Å². The lowest BCUT2D eigenvalue weighted by Crippen LogP contribution is -2.46. The molecule has 1 amide bonds. The van der Waals surface area contributed by atoms with Crippen molar-refractivity contribution in [3.63, 3.8) is 0 Å². The highest BCUT2D eigenvalue weighted by Gasteiger charge is 2.36. The van der Waals surface area contributed by atoms with Gasteiger partial charge in [0.15, 0.2) is 0 Å².